The van der Waals surface area contributed by atoms with E-state index in [1.54, 1.807) is 11.8 Å². The van der Waals surface area contributed by atoms with Crippen molar-refractivity contribution >= 4 is 28.7 Å². The Morgan fingerprint density at radius 1 is 1.30 bits per heavy atom. The van der Waals surface area contributed by atoms with Gasteiger partial charge in [0.05, 0.1) is 16.8 Å². The molecule has 1 aliphatic rings. The lowest BCUT2D eigenvalue weighted by atomic mass is 9.94. The third-order valence-corrected chi connectivity index (χ3v) is 5.76. The van der Waals surface area contributed by atoms with Gasteiger partial charge in [0.2, 0.25) is 5.91 Å². The molecule has 0 N–H and O–H groups in total. The molecule has 0 atom stereocenters. The van der Waals surface area contributed by atoms with Crippen molar-refractivity contribution in [2.75, 3.05) is 12.3 Å². The van der Waals surface area contributed by atoms with Gasteiger partial charge in [0.15, 0.2) is 5.16 Å². The minimum atomic E-state index is 0.247. The van der Waals surface area contributed by atoms with Crippen LogP contribution in [0.25, 0.3) is 11.0 Å². The number of carbonyl (C=O) groups excluding carboxylic acids is 1. The van der Waals surface area contributed by atoms with Crippen LogP contribution in [0.3, 0.4) is 0 Å². The summed E-state index contributed by atoms with van der Waals surface area (Å²) in [5.41, 5.74) is 2.10. The standard InChI is InChI=1S/C18H25N3OS/c1-3-21(14-9-5-4-6-10-14)17(22)13-23-18-19-15-11-7-8-12-16(15)20(18)2/h7-8,11-12,14H,3-6,9-10,13H2,1-2H3. The summed E-state index contributed by atoms with van der Waals surface area (Å²) < 4.78 is 2.07. The van der Waals surface area contributed by atoms with Crippen molar-refractivity contribution in [2.45, 2.75) is 50.2 Å². The zero-order valence-electron chi connectivity index (χ0n) is 14.0. The molecule has 23 heavy (non-hydrogen) atoms. The number of imidazole rings is 1. The average Bonchev–Trinajstić information content (AvgIpc) is 2.91. The van der Waals surface area contributed by atoms with E-state index in [9.17, 15) is 4.79 Å². The van der Waals surface area contributed by atoms with Crippen LogP contribution in [0.1, 0.15) is 39.0 Å². The van der Waals surface area contributed by atoms with Crippen molar-refractivity contribution in [1.29, 1.82) is 0 Å². The molecule has 0 spiro atoms. The van der Waals surface area contributed by atoms with E-state index >= 15 is 0 Å². The predicted octanol–water partition coefficient (Wildman–Crippen LogP) is 3.85. The van der Waals surface area contributed by atoms with E-state index in [1.165, 1.54) is 19.3 Å². The van der Waals surface area contributed by atoms with Crippen LogP contribution in [-0.2, 0) is 11.8 Å². The zero-order chi connectivity index (χ0) is 16.2. The van der Waals surface area contributed by atoms with Gasteiger partial charge in [-0.2, -0.15) is 0 Å². The normalized spacial score (nSPS) is 15.9. The molecule has 5 heteroatoms. The molecule has 0 radical (unpaired) electrons. The summed E-state index contributed by atoms with van der Waals surface area (Å²) in [6, 6.07) is 8.54. The van der Waals surface area contributed by atoms with Gasteiger partial charge in [-0.15, -0.1) is 0 Å². The van der Waals surface area contributed by atoms with Gasteiger partial charge in [-0.05, 0) is 31.9 Å². The molecule has 4 nitrogen and oxygen atoms in total. The number of nitrogens with zero attached hydrogens (tertiary/aromatic N) is 3. The largest absolute Gasteiger partial charge is 0.339 e. The molecule has 0 aliphatic heterocycles. The molecule has 0 saturated heterocycles. The lowest BCUT2D eigenvalue weighted by Gasteiger charge is -2.33. The molecule has 1 saturated carbocycles. The number of aromatic nitrogens is 2. The van der Waals surface area contributed by atoms with Crippen molar-refractivity contribution in [3.8, 4) is 0 Å². The highest BCUT2D eigenvalue weighted by Crippen LogP contribution is 2.26. The van der Waals surface area contributed by atoms with Gasteiger partial charge in [-0.1, -0.05) is 43.2 Å². The van der Waals surface area contributed by atoms with Crippen LogP contribution in [0.15, 0.2) is 29.4 Å². The minimum absolute atomic E-state index is 0.247. The first kappa shape index (κ1) is 16.4. The Morgan fingerprint density at radius 2 is 2.04 bits per heavy atom. The number of fused-ring (bicyclic) bond motifs is 1. The maximum absolute atomic E-state index is 12.6. The Kier molecular flexibility index (Phi) is 5.26. The SMILES string of the molecule is CCN(C(=O)CSc1nc2ccccc2n1C)C1CCCCC1. The van der Waals surface area contributed by atoms with E-state index in [2.05, 4.69) is 27.4 Å². The van der Waals surface area contributed by atoms with Crippen molar-refractivity contribution < 1.29 is 4.79 Å². The fraction of sp³-hybridized carbons (Fsp3) is 0.556. The number of benzene rings is 1. The molecular formula is C18H25N3OS. The van der Waals surface area contributed by atoms with Crippen molar-refractivity contribution in [3.05, 3.63) is 24.3 Å². The van der Waals surface area contributed by atoms with Crippen molar-refractivity contribution in [3.63, 3.8) is 0 Å². The molecule has 1 aromatic heterocycles. The Hall–Kier alpha value is -1.49. The second-order valence-electron chi connectivity index (χ2n) is 6.20. The molecule has 124 valence electrons. The first-order valence-electron chi connectivity index (χ1n) is 8.54. The summed E-state index contributed by atoms with van der Waals surface area (Å²) in [6.45, 7) is 2.90. The van der Waals surface area contributed by atoms with Crippen LogP contribution in [-0.4, -0.2) is 38.7 Å². The fourth-order valence-electron chi connectivity index (χ4n) is 3.49. The van der Waals surface area contributed by atoms with Crippen LogP contribution < -0.4 is 0 Å². The van der Waals surface area contributed by atoms with Gasteiger partial charge in [-0.25, -0.2) is 4.98 Å². The Bertz CT molecular complexity index is 676. The number of aryl methyl sites for hydroxylation is 1. The number of carbonyl (C=O) groups is 1. The van der Waals surface area contributed by atoms with Gasteiger partial charge in [0, 0.05) is 19.6 Å². The summed E-state index contributed by atoms with van der Waals surface area (Å²) >= 11 is 1.55. The van der Waals surface area contributed by atoms with Crippen LogP contribution in [0.2, 0.25) is 0 Å². The molecule has 1 fully saturated rings. The monoisotopic (exact) mass is 331 g/mol. The maximum Gasteiger partial charge on any atom is 0.233 e. The highest BCUT2D eigenvalue weighted by atomic mass is 32.2. The molecule has 1 aromatic carbocycles. The van der Waals surface area contributed by atoms with E-state index in [0.717, 1.165) is 35.6 Å². The highest BCUT2D eigenvalue weighted by molar-refractivity contribution is 7.99. The van der Waals surface area contributed by atoms with Crippen molar-refractivity contribution in [1.82, 2.24) is 14.5 Å². The molecule has 2 aromatic rings. The van der Waals surface area contributed by atoms with Gasteiger partial charge >= 0.3 is 0 Å². The third kappa shape index (κ3) is 3.55. The summed E-state index contributed by atoms with van der Waals surface area (Å²) in [4.78, 5) is 19.4. The average molecular weight is 331 g/mol. The number of amides is 1. The number of rotatable bonds is 5. The van der Waals surface area contributed by atoms with Gasteiger partial charge < -0.3 is 9.47 Å². The molecule has 1 heterocycles. The first-order chi connectivity index (χ1) is 11.2. The summed E-state index contributed by atoms with van der Waals surface area (Å²) in [5, 5.41) is 0.916. The van der Waals surface area contributed by atoms with E-state index in [-0.39, 0.29) is 5.91 Å². The first-order valence-corrected chi connectivity index (χ1v) is 9.53. The van der Waals surface area contributed by atoms with E-state index in [4.69, 9.17) is 0 Å². The smallest absolute Gasteiger partial charge is 0.233 e. The zero-order valence-corrected chi connectivity index (χ0v) is 14.8. The van der Waals surface area contributed by atoms with Crippen LogP contribution >= 0.6 is 11.8 Å². The summed E-state index contributed by atoms with van der Waals surface area (Å²) in [7, 11) is 2.01. The van der Waals surface area contributed by atoms with E-state index in [1.807, 2.05) is 25.2 Å². The number of hydrogen-bond acceptors (Lipinski definition) is 3. The molecule has 0 bridgehead atoms. The summed E-state index contributed by atoms with van der Waals surface area (Å²) in [6.07, 6.45) is 6.16. The predicted molar refractivity (Wildman–Crippen MR) is 95.7 cm³/mol. The maximum atomic E-state index is 12.6. The van der Waals surface area contributed by atoms with Gasteiger partial charge in [0.1, 0.15) is 0 Å². The fourth-order valence-corrected chi connectivity index (χ4v) is 4.37. The van der Waals surface area contributed by atoms with Crippen LogP contribution in [0, 0.1) is 0 Å². The minimum Gasteiger partial charge on any atom is -0.339 e. The Balaban J connectivity index is 1.65. The molecule has 3 rings (SSSR count). The summed E-state index contributed by atoms with van der Waals surface area (Å²) in [5.74, 6) is 0.720. The van der Waals surface area contributed by atoms with Crippen molar-refractivity contribution in [2.24, 2.45) is 7.05 Å². The lowest BCUT2D eigenvalue weighted by Crippen LogP contribution is -2.42. The number of thioether (sulfide) groups is 1. The highest BCUT2D eigenvalue weighted by Gasteiger charge is 2.24. The Morgan fingerprint density at radius 3 is 2.74 bits per heavy atom. The molecule has 0 unspecified atom stereocenters. The topological polar surface area (TPSA) is 38.1 Å². The quantitative estimate of drug-likeness (QED) is 0.781. The number of para-hydroxylation sites is 2. The van der Waals surface area contributed by atoms with Crippen LogP contribution in [0.5, 0.6) is 0 Å². The van der Waals surface area contributed by atoms with E-state index < -0.39 is 0 Å². The molecular weight excluding hydrogens is 306 g/mol. The van der Waals surface area contributed by atoms with Crippen LogP contribution in [0.4, 0.5) is 0 Å². The Labute approximate surface area is 142 Å². The lowest BCUT2D eigenvalue weighted by molar-refractivity contribution is -0.131. The second-order valence-corrected chi connectivity index (χ2v) is 7.14. The third-order valence-electron chi connectivity index (χ3n) is 4.75. The molecule has 1 amide bonds. The number of hydrogen-bond donors (Lipinski definition) is 0. The molecule has 1 aliphatic carbocycles. The second kappa shape index (κ2) is 7.39. The van der Waals surface area contributed by atoms with Gasteiger partial charge in [-0.3, -0.25) is 4.79 Å². The van der Waals surface area contributed by atoms with E-state index in [0.29, 0.717) is 11.8 Å². The van der Waals surface area contributed by atoms with Gasteiger partial charge in [0.25, 0.3) is 0 Å².